The van der Waals surface area contributed by atoms with Crippen molar-refractivity contribution in [2.24, 2.45) is 5.92 Å². The van der Waals surface area contributed by atoms with Crippen molar-refractivity contribution in [2.75, 3.05) is 35.3 Å². The summed E-state index contributed by atoms with van der Waals surface area (Å²) < 4.78 is 20.9. The van der Waals surface area contributed by atoms with Crippen molar-refractivity contribution >= 4 is 101 Å². The molecule has 20 heteroatoms. The molecule has 0 aliphatic carbocycles. The molecule has 78 heavy (non-hydrogen) atoms. The van der Waals surface area contributed by atoms with Crippen LogP contribution in [-0.4, -0.2) is 101 Å². The summed E-state index contributed by atoms with van der Waals surface area (Å²) in [7, 11) is 0. The van der Waals surface area contributed by atoms with E-state index in [-0.39, 0.29) is 83.6 Å². The molecule has 8 rings (SSSR count). The molecule has 0 saturated heterocycles. The number of aromatic nitrogens is 4. The smallest absolute Gasteiger partial charge is 0.333 e. The van der Waals surface area contributed by atoms with Crippen LogP contribution < -0.4 is 11.5 Å². The van der Waals surface area contributed by atoms with Crippen LogP contribution in [0.3, 0.4) is 0 Å². The Kier molecular flexibility index (Phi) is 20.2. The SMILES string of the molecule is C=C(CC(C(=O)OCC)c1ccc2nc(N)nc(C(=O)N3Cc4ccccc4C3)c2c1)C(=O)OC(C)(C)C.CC(C)(C)OC(=O)C(CBr)CBr.CCOC(=O)Cc1ccc2nc(N)nc(C(=O)N3Cc4ccccc4C3)c2c1. The van der Waals surface area contributed by atoms with E-state index in [1.54, 1.807) is 80.8 Å². The number of carbonyl (C=O) groups is 6. The number of alkyl halides is 2. The molecular formula is C58H66Br2N8O10. The van der Waals surface area contributed by atoms with Gasteiger partial charge < -0.3 is 40.2 Å². The first-order chi connectivity index (χ1) is 36.9. The summed E-state index contributed by atoms with van der Waals surface area (Å²) in [4.78, 5) is 96.0. The van der Waals surface area contributed by atoms with Crippen molar-refractivity contribution in [3.8, 4) is 0 Å². The van der Waals surface area contributed by atoms with Crippen molar-refractivity contribution in [1.82, 2.24) is 29.7 Å². The summed E-state index contributed by atoms with van der Waals surface area (Å²) in [5.41, 5.74) is 18.0. The molecule has 4 aromatic carbocycles. The minimum atomic E-state index is -0.851. The number of nitrogens with zero attached hydrogens (tertiary/aromatic N) is 6. The van der Waals surface area contributed by atoms with Gasteiger partial charge in [0.1, 0.15) is 22.6 Å². The monoisotopic (exact) mass is 1190 g/mol. The molecule has 4 heterocycles. The van der Waals surface area contributed by atoms with E-state index in [0.29, 0.717) is 70.8 Å². The highest BCUT2D eigenvalue weighted by atomic mass is 79.9. The van der Waals surface area contributed by atoms with Crippen LogP contribution in [0.5, 0.6) is 0 Å². The zero-order valence-corrected chi connectivity index (χ0v) is 48.4. The van der Waals surface area contributed by atoms with Crippen LogP contribution >= 0.6 is 31.9 Å². The van der Waals surface area contributed by atoms with E-state index in [1.807, 2.05) is 69.3 Å². The van der Waals surface area contributed by atoms with Gasteiger partial charge in [0, 0.05) is 53.2 Å². The number of halogens is 2. The topological polar surface area (TPSA) is 249 Å². The number of amides is 2. The fourth-order valence-corrected chi connectivity index (χ4v) is 10.1. The van der Waals surface area contributed by atoms with E-state index in [1.165, 1.54) is 0 Å². The second kappa shape index (κ2) is 26.4. The van der Waals surface area contributed by atoms with E-state index in [9.17, 15) is 28.8 Å². The Morgan fingerprint density at radius 3 is 1.50 bits per heavy atom. The summed E-state index contributed by atoms with van der Waals surface area (Å²) in [5, 5.41) is 2.30. The summed E-state index contributed by atoms with van der Waals surface area (Å²) in [6.07, 6.45) is 0.108. The number of fused-ring (bicyclic) bond motifs is 4. The Morgan fingerprint density at radius 1 is 0.615 bits per heavy atom. The van der Waals surface area contributed by atoms with Crippen molar-refractivity contribution in [3.63, 3.8) is 0 Å². The third-order valence-corrected chi connectivity index (χ3v) is 13.6. The maximum Gasteiger partial charge on any atom is 0.333 e. The Labute approximate surface area is 470 Å². The van der Waals surface area contributed by atoms with Gasteiger partial charge in [0.2, 0.25) is 11.9 Å². The normalized spacial score (nSPS) is 13.1. The van der Waals surface area contributed by atoms with Crippen molar-refractivity contribution < 1.29 is 47.7 Å². The summed E-state index contributed by atoms with van der Waals surface area (Å²) in [6, 6.07) is 26.2. The average molecular weight is 1200 g/mol. The first kappa shape index (κ1) is 59.9. The average Bonchev–Trinajstić information content (AvgIpc) is 4.08. The molecule has 1 atom stereocenters. The summed E-state index contributed by atoms with van der Waals surface area (Å²) in [6.45, 7) is 20.7. The molecule has 412 valence electrons. The third kappa shape index (κ3) is 15.9. The van der Waals surface area contributed by atoms with Gasteiger partial charge in [-0.1, -0.05) is 99.1 Å². The van der Waals surface area contributed by atoms with Gasteiger partial charge in [0.25, 0.3) is 11.8 Å². The predicted octanol–water partition coefficient (Wildman–Crippen LogP) is 9.51. The zero-order chi connectivity index (χ0) is 57.1. The highest BCUT2D eigenvalue weighted by molar-refractivity contribution is 9.09. The molecule has 4 N–H and O–H groups in total. The summed E-state index contributed by atoms with van der Waals surface area (Å²) >= 11 is 6.51. The van der Waals surface area contributed by atoms with Gasteiger partial charge in [-0.05, 0) is 119 Å². The molecule has 0 spiro atoms. The van der Waals surface area contributed by atoms with Gasteiger partial charge in [0.15, 0.2) is 0 Å². The second-order valence-electron chi connectivity index (χ2n) is 20.5. The van der Waals surface area contributed by atoms with Gasteiger partial charge in [-0.15, -0.1) is 0 Å². The van der Waals surface area contributed by atoms with Gasteiger partial charge in [0.05, 0.1) is 42.5 Å². The molecule has 2 amide bonds. The van der Waals surface area contributed by atoms with Crippen LogP contribution in [0.15, 0.2) is 97.1 Å². The van der Waals surface area contributed by atoms with Crippen molar-refractivity contribution in [2.45, 2.75) is 112 Å². The Balaban J connectivity index is 0.000000215. The Hall–Kier alpha value is -7.32. The van der Waals surface area contributed by atoms with Crippen molar-refractivity contribution in [3.05, 3.63) is 142 Å². The highest BCUT2D eigenvalue weighted by Gasteiger charge is 2.32. The van der Waals surface area contributed by atoms with Gasteiger partial charge in [-0.3, -0.25) is 24.0 Å². The number of benzene rings is 4. The van der Waals surface area contributed by atoms with Crippen LogP contribution in [0.4, 0.5) is 11.9 Å². The zero-order valence-electron chi connectivity index (χ0n) is 45.2. The lowest BCUT2D eigenvalue weighted by Gasteiger charge is -2.22. The largest absolute Gasteiger partial charge is 0.466 e. The number of nitrogen functional groups attached to an aromatic ring is 2. The molecule has 0 radical (unpaired) electrons. The first-order valence-corrected chi connectivity index (χ1v) is 27.6. The predicted molar refractivity (Wildman–Crippen MR) is 304 cm³/mol. The maximum atomic E-state index is 13.6. The second-order valence-corrected chi connectivity index (χ2v) is 21.8. The highest BCUT2D eigenvalue weighted by Crippen LogP contribution is 2.32. The standard InChI is InChI=1S/C29H32N4O5.C21H20N4O3.C8H14Br2O2/c1-6-37-27(36)21(13-17(2)26(35)38-29(3,4)5)18-11-12-23-22(14-18)24(32-28(30)31-23)25(34)33-15-19-9-7-8-10-20(19)16-33;1-2-28-18(26)10-13-7-8-17-16(9-13)19(24-21(22)23-17)20(27)25-11-14-5-3-4-6-15(14)12-25;1-8(2,3)12-7(11)6(4-9)5-10/h7-12,14,21H,2,6,13,15-16H2,1,3-5H3,(H2,30,31,32);3-9H,2,10-12H2,1H3,(H2,22,23,24);6H,4-5H2,1-3H3. The van der Waals surface area contributed by atoms with Gasteiger partial charge in [-0.25, -0.2) is 24.7 Å². The lowest BCUT2D eigenvalue weighted by atomic mass is 9.91. The number of hydrogen-bond acceptors (Lipinski definition) is 16. The summed E-state index contributed by atoms with van der Waals surface area (Å²) in [5.74, 6) is -3.00. The number of carbonyl (C=O) groups excluding carboxylic acids is 6. The Morgan fingerprint density at radius 2 is 1.06 bits per heavy atom. The third-order valence-electron chi connectivity index (χ3n) is 12.1. The molecule has 0 fully saturated rings. The molecule has 2 aliphatic heterocycles. The molecule has 2 aliphatic rings. The number of esters is 4. The van der Waals surface area contributed by atoms with Gasteiger partial charge >= 0.3 is 23.9 Å². The Bertz CT molecular complexity index is 3180. The first-order valence-electron chi connectivity index (χ1n) is 25.4. The van der Waals surface area contributed by atoms with Crippen LogP contribution in [0.2, 0.25) is 0 Å². The van der Waals surface area contributed by atoms with E-state index >= 15 is 0 Å². The van der Waals surface area contributed by atoms with Crippen LogP contribution in [0.25, 0.3) is 21.8 Å². The fraction of sp³-hybridized carbons (Fsp3) is 0.379. The number of ether oxygens (including phenoxy) is 4. The van der Waals surface area contributed by atoms with Gasteiger partial charge in [-0.2, -0.15) is 0 Å². The molecule has 0 bridgehead atoms. The van der Waals surface area contributed by atoms with E-state index in [0.717, 1.165) is 27.8 Å². The lowest BCUT2D eigenvalue weighted by molar-refractivity contribution is -0.158. The minimum absolute atomic E-state index is 0.0141. The number of rotatable bonds is 14. The van der Waals surface area contributed by atoms with E-state index in [4.69, 9.17) is 30.4 Å². The fourth-order valence-electron chi connectivity index (χ4n) is 8.45. The number of nitrogens with two attached hydrogens (primary N) is 2. The maximum absolute atomic E-state index is 13.6. The van der Waals surface area contributed by atoms with Crippen molar-refractivity contribution in [1.29, 1.82) is 0 Å². The molecule has 6 aromatic rings. The molecule has 2 aromatic heterocycles. The van der Waals surface area contributed by atoms with E-state index in [2.05, 4.69) is 58.4 Å². The van der Waals surface area contributed by atoms with Crippen LogP contribution in [0.1, 0.15) is 122 Å². The molecule has 18 nitrogen and oxygen atoms in total. The number of hydrogen-bond donors (Lipinski definition) is 2. The molecule has 1 unspecified atom stereocenters. The quantitative estimate of drug-likeness (QED) is 0.0446. The lowest BCUT2D eigenvalue weighted by Crippen LogP contribution is -2.30. The minimum Gasteiger partial charge on any atom is -0.466 e. The van der Waals surface area contributed by atoms with E-state index < -0.39 is 23.5 Å². The molecule has 0 saturated carbocycles. The van der Waals surface area contributed by atoms with Crippen LogP contribution in [0, 0.1) is 5.92 Å². The number of anilines is 2. The molecular weight excluding hydrogens is 1130 g/mol. The van der Waals surface area contributed by atoms with Crippen LogP contribution in [-0.2, 0) is 70.7 Å².